The molecule has 0 atom stereocenters. The lowest BCUT2D eigenvalue weighted by atomic mass is 9.99. The van der Waals surface area contributed by atoms with Crippen molar-refractivity contribution >= 4 is 33.7 Å². The van der Waals surface area contributed by atoms with Gasteiger partial charge in [-0.15, -0.1) is 11.8 Å². The molecular weight excluding hydrogens is 386 g/mol. The van der Waals surface area contributed by atoms with E-state index in [1.165, 1.54) is 21.6 Å². The van der Waals surface area contributed by atoms with Crippen LogP contribution in [0.5, 0.6) is 0 Å². The Kier molecular flexibility index (Phi) is 5.64. The van der Waals surface area contributed by atoms with Crippen LogP contribution in [0.4, 0.5) is 0 Å². The molecule has 0 unspecified atom stereocenters. The maximum absolute atomic E-state index is 10.8. The van der Waals surface area contributed by atoms with Crippen molar-refractivity contribution in [2.24, 2.45) is 5.92 Å². The fourth-order valence-corrected chi connectivity index (χ4v) is 3.92. The second-order valence-electron chi connectivity index (χ2n) is 6.25. The van der Waals surface area contributed by atoms with Gasteiger partial charge in [-0.2, -0.15) is 0 Å². The van der Waals surface area contributed by atoms with E-state index < -0.39 is 5.97 Å². The van der Waals surface area contributed by atoms with Gasteiger partial charge in [0.15, 0.2) is 0 Å². The van der Waals surface area contributed by atoms with Crippen molar-refractivity contribution in [3.05, 3.63) is 63.6 Å². The molecule has 1 aliphatic rings. The van der Waals surface area contributed by atoms with Crippen LogP contribution < -0.4 is 0 Å². The number of benzene rings is 2. The van der Waals surface area contributed by atoms with Gasteiger partial charge in [-0.3, -0.25) is 9.69 Å². The standard InChI is InChI=1S/C19H20BrNO2S/c1-13-8-17(6-7-18(13)20)24-12-15-4-2-14(3-5-15)9-21-10-16(11-21)19(22)23/h2-8,16H,9-12H2,1H3,(H,22,23). The second kappa shape index (κ2) is 7.72. The van der Waals surface area contributed by atoms with Crippen LogP contribution in [0.3, 0.4) is 0 Å². The zero-order chi connectivity index (χ0) is 17.1. The van der Waals surface area contributed by atoms with Crippen LogP contribution >= 0.6 is 27.7 Å². The molecule has 2 aromatic rings. The molecule has 2 aromatic carbocycles. The molecule has 0 aliphatic carbocycles. The molecule has 0 aromatic heterocycles. The number of carboxylic acid groups (broad SMARTS) is 1. The summed E-state index contributed by atoms with van der Waals surface area (Å²) in [5, 5.41) is 8.91. The van der Waals surface area contributed by atoms with Crippen molar-refractivity contribution in [1.82, 2.24) is 4.90 Å². The quantitative estimate of drug-likeness (QED) is 0.714. The predicted octanol–water partition coefficient (Wildman–Crippen LogP) is 4.57. The number of carbonyl (C=O) groups is 1. The number of hydrogen-bond donors (Lipinski definition) is 1. The highest BCUT2D eigenvalue weighted by atomic mass is 79.9. The summed E-state index contributed by atoms with van der Waals surface area (Å²) in [4.78, 5) is 14.3. The molecule has 24 heavy (non-hydrogen) atoms. The van der Waals surface area contributed by atoms with Crippen LogP contribution in [-0.2, 0) is 17.1 Å². The lowest BCUT2D eigenvalue weighted by Crippen LogP contribution is -2.49. The van der Waals surface area contributed by atoms with Crippen molar-refractivity contribution in [2.75, 3.05) is 13.1 Å². The van der Waals surface area contributed by atoms with Crippen LogP contribution in [0.2, 0.25) is 0 Å². The van der Waals surface area contributed by atoms with E-state index >= 15 is 0 Å². The van der Waals surface area contributed by atoms with Crippen LogP contribution in [-0.4, -0.2) is 29.1 Å². The molecule has 0 spiro atoms. The largest absolute Gasteiger partial charge is 0.481 e. The Morgan fingerprint density at radius 3 is 2.50 bits per heavy atom. The first-order valence-electron chi connectivity index (χ1n) is 7.93. The minimum atomic E-state index is -0.679. The summed E-state index contributed by atoms with van der Waals surface area (Å²) in [6, 6.07) is 15.1. The Morgan fingerprint density at radius 1 is 1.21 bits per heavy atom. The Labute approximate surface area is 155 Å². The highest BCUT2D eigenvalue weighted by Crippen LogP contribution is 2.27. The Bertz CT molecular complexity index is 727. The zero-order valence-electron chi connectivity index (χ0n) is 13.5. The number of aryl methyl sites for hydroxylation is 1. The van der Waals surface area contributed by atoms with Crippen LogP contribution in [0.25, 0.3) is 0 Å². The molecule has 1 saturated heterocycles. The molecule has 1 aliphatic heterocycles. The summed E-state index contributed by atoms with van der Waals surface area (Å²) >= 11 is 5.37. The summed E-state index contributed by atoms with van der Waals surface area (Å²) < 4.78 is 1.15. The summed E-state index contributed by atoms with van der Waals surface area (Å²) in [5.74, 6) is 0.0865. The van der Waals surface area contributed by atoms with Gasteiger partial charge in [-0.05, 0) is 41.8 Å². The van der Waals surface area contributed by atoms with Gasteiger partial charge in [0.1, 0.15) is 0 Å². The molecule has 5 heteroatoms. The molecule has 0 amide bonds. The van der Waals surface area contributed by atoms with E-state index in [9.17, 15) is 4.79 Å². The highest BCUT2D eigenvalue weighted by molar-refractivity contribution is 9.10. The van der Waals surface area contributed by atoms with Crippen molar-refractivity contribution in [1.29, 1.82) is 0 Å². The van der Waals surface area contributed by atoms with Gasteiger partial charge in [0.25, 0.3) is 0 Å². The van der Waals surface area contributed by atoms with E-state index in [0.29, 0.717) is 13.1 Å². The predicted molar refractivity (Wildman–Crippen MR) is 101 cm³/mol. The van der Waals surface area contributed by atoms with Crippen LogP contribution in [0.15, 0.2) is 51.8 Å². The molecule has 1 N–H and O–H groups in total. The second-order valence-corrected chi connectivity index (χ2v) is 8.15. The normalized spacial score (nSPS) is 15.2. The topological polar surface area (TPSA) is 40.5 Å². The van der Waals surface area contributed by atoms with Gasteiger partial charge in [0.05, 0.1) is 5.92 Å². The molecule has 0 radical (unpaired) electrons. The molecule has 1 heterocycles. The number of hydrogen-bond acceptors (Lipinski definition) is 3. The SMILES string of the molecule is Cc1cc(SCc2ccc(CN3CC(C(=O)O)C3)cc2)ccc1Br. The summed E-state index contributed by atoms with van der Waals surface area (Å²) in [6.07, 6.45) is 0. The maximum atomic E-state index is 10.8. The van der Waals surface area contributed by atoms with Gasteiger partial charge < -0.3 is 5.11 Å². The number of halogens is 1. The first-order chi connectivity index (χ1) is 11.5. The summed E-state index contributed by atoms with van der Waals surface area (Å²) in [6.45, 7) is 4.27. The molecule has 126 valence electrons. The number of likely N-dealkylation sites (tertiary alicyclic amines) is 1. The van der Waals surface area contributed by atoms with E-state index in [1.807, 2.05) is 11.8 Å². The third-order valence-electron chi connectivity index (χ3n) is 4.27. The van der Waals surface area contributed by atoms with Crippen molar-refractivity contribution in [3.8, 4) is 0 Å². The van der Waals surface area contributed by atoms with E-state index in [2.05, 4.69) is 70.2 Å². The molecule has 0 bridgehead atoms. The third kappa shape index (κ3) is 4.41. The van der Waals surface area contributed by atoms with Gasteiger partial charge in [-0.1, -0.05) is 40.2 Å². The first kappa shape index (κ1) is 17.5. The molecular formula is C19H20BrNO2S. The Morgan fingerprint density at radius 2 is 1.88 bits per heavy atom. The molecule has 1 fully saturated rings. The average molecular weight is 406 g/mol. The van der Waals surface area contributed by atoms with E-state index in [4.69, 9.17) is 5.11 Å². The van der Waals surface area contributed by atoms with Gasteiger partial charge in [0.2, 0.25) is 0 Å². The zero-order valence-corrected chi connectivity index (χ0v) is 15.9. The average Bonchev–Trinajstić information content (AvgIpc) is 2.52. The number of aliphatic carboxylic acids is 1. The minimum absolute atomic E-state index is 0.185. The maximum Gasteiger partial charge on any atom is 0.309 e. The van der Waals surface area contributed by atoms with Crippen molar-refractivity contribution in [3.63, 3.8) is 0 Å². The van der Waals surface area contributed by atoms with Crippen LogP contribution in [0.1, 0.15) is 16.7 Å². The van der Waals surface area contributed by atoms with Crippen molar-refractivity contribution in [2.45, 2.75) is 24.1 Å². The summed E-state index contributed by atoms with van der Waals surface area (Å²) in [5.41, 5.74) is 3.80. The van der Waals surface area contributed by atoms with Gasteiger partial charge in [-0.25, -0.2) is 0 Å². The lowest BCUT2D eigenvalue weighted by molar-refractivity contribution is -0.147. The smallest absolute Gasteiger partial charge is 0.309 e. The Hall–Kier alpha value is -1.30. The van der Waals surface area contributed by atoms with Crippen molar-refractivity contribution < 1.29 is 9.90 Å². The molecule has 3 nitrogen and oxygen atoms in total. The minimum Gasteiger partial charge on any atom is -0.481 e. The van der Waals surface area contributed by atoms with Gasteiger partial charge in [0, 0.05) is 34.8 Å². The summed E-state index contributed by atoms with van der Waals surface area (Å²) in [7, 11) is 0. The number of nitrogens with zero attached hydrogens (tertiary/aromatic N) is 1. The Balaban J connectivity index is 1.49. The molecule has 0 saturated carbocycles. The lowest BCUT2D eigenvalue weighted by Gasteiger charge is -2.36. The van der Waals surface area contributed by atoms with Gasteiger partial charge >= 0.3 is 5.97 Å². The monoisotopic (exact) mass is 405 g/mol. The molecule has 3 rings (SSSR count). The first-order valence-corrected chi connectivity index (χ1v) is 9.71. The number of carboxylic acids is 1. The van der Waals surface area contributed by atoms with E-state index in [-0.39, 0.29) is 5.92 Å². The highest BCUT2D eigenvalue weighted by Gasteiger charge is 2.31. The van der Waals surface area contributed by atoms with Crippen LogP contribution in [0, 0.1) is 12.8 Å². The fraction of sp³-hybridized carbons (Fsp3) is 0.316. The third-order valence-corrected chi connectivity index (χ3v) is 6.23. The number of rotatable bonds is 6. The van der Waals surface area contributed by atoms with E-state index in [1.54, 1.807) is 0 Å². The van der Waals surface area contributed by atoms with E-state index in [0.717, 1.165) is 16.8 Å². The fourth-order valence-electron chi connectivity index (χ4n) is 2.73. The number of thioether (sulfide) groups is 1.